The minimum absolute atomic E-state index is 0.0475. The third-order valence-corrected chi connectivity index (χ3v) is 4.07. The Morgan fingerprint density at radius 2 is 2.22 bits per heavy atom. The van der Waals surface area contributed by atoms with Crippen LogP contribution in [0.2, 0.25) is 0 Å². The summed E-state index contributed by atoms with van der Waals surface area (Å²) in [4.78, 5) is 4.00. The summed E-state index contributed by atoms with van der Waals surface area (Å²) in [6.45, 7) is 0. The van der Waals surface area contributed by atoms with Gasteiger partial charge in [0, 0.05) is 20.3 Å². The predicted molar refractivity (Wildman–Crippen MR) is 61.6 cm³/mol. The van der Waals surface area contributed by atoms with Gasteiger partial charge in [-0.25, -0.2) is 4.98 Å². The highest BCUT2D eigenvalue weighted by atomic mass is 31.2. The summed E-state index contributed by atoms with van der Waals surface area (Å²) in [6, 6.07) is 1.76. The van der Waals surface area contributed by atoms with Gasteiger partial charge in [-0.15, -0.1) is 0 Å². The highest BCUT2D eigenvalue weighted by Gasteiger charge is 2.28. The van der Waals surface area contributed by atoms with Gasteiger partial charge in [-0.05, 0) is 5.10 Å². The molecule has 0 N–H and O–H groups in total. The summed E-state index contributed by atoms with van der Waals surface area (Å²) in [5.74, 6) is 0.483. The largest absolute Gasteiger partial charge is 0.444 e. The molecule has 2 rings (SSSR count). The molecular weight excluding hydrogens is 257 g/mol. The average molecular weight is 270 g/mol. The second kappa shape index (κ2) is 5.39. The van der Waals surface area contributed by atoms with Gasteiger partial charge in [-0.2, -0.15) is 0 Å². The minimum Gasteiger partial charge on any atom is -0.444 e. The molecule has 7 nitrogen and oxygen atoms in total. The first-order valence-electron chi connectivity index (χ1n) is 5.13. The van der Waals surface area contributed by atoms with E-state index in [-0.39, 0.29) is 6.29 Å². The molecule has 0 aliphatic carbocycles. The van der Waals surface area contributed by atoms with Crippen molar-refractivity contribution in [1.29, 1.82) is 0 Å². The van der Waals surface area contributed by atoms with Gasteiger partial charge in [0.25, 0.3) is 6.29 Å². The predicted octanol–water partition coefficient (Wildman–Crippen LogP) is 1.47. The van der Waals surface area contributed by atoms with E-state index in [1.807, 2.05) is 0 Å². The van der Waals surface area contributed by atoms with Crippen LogP contribution in [-0.2, 0) is 19.9 Å². The van der Waals surface area contributed by atoms with Crippen LogP contribution in [0, 0.1) is 0 Å². The van der Waals surface area contributed by atoms with Crippen molar-refractivity contribution in [2.75, 3.05) is 14.2 Å². The monoisotopic (exact) mass is 270 g/mol. The Balaban J connectivity index is 2.16. The van der Waals surface area contributed by atoms with E-state index in [0.29, 0.717) is 5.89 Å². The van der Waals surface area contributed by atoms with Crippen LogP contribution in [0.4, 0.5) is 0 Å². The second-order valence-corrected chi connectivity index (χ2v) is 5.64. The van der Waals surface area contributed by atoms with E-state index < -0.39 is 7.60 Å². The minimum atomic E-state index is -3.12. The first-order chi connectivity index (χ1) is 8.67. The van der Waals surface area contributed by atoms with Crippen molar-refractivity contribution in [3.8, 4) is 11.5 Å². The molecule has 0 amide bonds. The molecule has 0 aliphatic heterocycles. The molecule has 0 radical (unpaired) electrons. The van der Waals surface area contributed by atoms with Crippen LogP contribution in [0.1, 0.15) is 0 Å². The highest BCUT2D eigenvalue weighted by Crippen LogP contribution is 2.46. The van der Waals surface area contributed by atoms with Gasteiger partial charge in [0.15, 0.2) is 6.20 Å². The quantitative estimate of drug-likeness (QED) is 0.604. The molecule has 0 atom stereocenters. The van der Waals surface area contributed by atoms with E-state index in [9.17, 15) is 4.57 Å². The van der Waals surface area contributed by atoms with Crippen LogP contribution in [-0.4, -0.2) is 24.3 Å². The zero-order chi connectivity index (χ0) is 13.0. The topological polar surface area (TPSA) is 78.3 Å². The maximum atomic E-state index is 11.9. The lowest BCUT2D eigenvalue weighted by Crippen LogP contribution is -2.37. The fourth-order valence-electron chi connectivity index (χ4n) is 1.33. The van der Waals surface area contributed by atoms with Crippen molar-refractivity contribution in [2.45, 2.75) is 6.29 Å². The van der Waals surface area contributed by atoms with Crippen LogP contribution in [0.15, 0.2) is 35.3 Å². The average Bonchev–Trinajstić information content (AvgIpc) is 2.93. The summed E-state index contributed by atoms with van der Waals surface area (Å²) >= 11 is 0. The molecule has 18 heavy (non-hydrogen) atoms. The molecule has 0 saturated heterocycles. The van der Waals surface area contributed by atoms with E-state index in [2.05, 4.69) is 10.1 Å². The first kappa shape index (κ1) is 12.9. The number of hydrogen-bond donors (Lipinski definition) is 0. The maximum Gasteiger partial charge on any atom is 0.397 e. The lowest BCUT2D eigenvalue weighted by Gasteiger charge is -2.08. The molecule has 0 aliphatic rings. The van der Waals surface area contributed by atoms with E-state index >= 15 is 0 Å². The van der Waals surface area contributed by atoms with Gasteiger partial charge < -0.3 is 13.5 Å². The molecule has 8 heteroatoms. The fourth-order valence-corrected chi connectivity index (χ4v) is 2.23. The zero-order valence-corrected chi connectivity index (χ0v) is 10.9. The number of nitrogens with zero attached hydrogens (tertiary/aromatic N) is 3. The van der Waals surface area contributed by atoms with Crippen LogP contribution in [0.3, 0.4) is 0 Å². The number of aromatic nitrogens is 3. The normalized spacial score (nSPS) is 11.7. The molecular formula is C10H13N3O4P+. The van der Waals surface area contributed by atoms with Crippen molar-refractivity contribution in [3.63, 3.8) is 0 Å². The van der Waals surface area contributed by atoms with Crippen LogP contribution in [0.25, 0.3) is 11.5 Å². The highest BCUT2D eigenvalue weighted by molar-refractivity contribution is 7.52. The second-order valence-electron chi connectivity index (χ2n) is 3.41. The first-order valence-corrected chi connectivity index (χ1v) is 6.86. The molecule has 0 saturated carbocycles. The summed E-state index contributed by atoms with van der Waals surface area (Å²) in [5.41, 5.74) is 0.737. The molecule has 2 aromatic heterocycles. The standard InChI is InChI=1S/C10H13N3O4P/c1-15-18(14,16-2)8-13-5-3-9(7-12-13)10-11-4-6-17-10/h3-7H,8H2,1-2H3/q+1. The Labute approximate surface area is 104 Å². The smallest absolute Gasteiger partial charge is 0.397 e. The lowest BCUT2D eigenvalue weighted by atomic mass is 10.3. The Bertz CT molecular complexity index is 533. The van der Waals surface area contributed by atoms with Crippen molar-refractivity contribution in [3.05, 3.63) is 30.9 Å². The molecule has 96 valence electrons. The number of rotatable bonds is 5. The number of oxazole rings is 1. The SMILES string of the molecule is COP(=O)(C[n+]1ccc(-c2ncco2)cn1)OC. The van der Waals surface area contributed by atoms with Gasteiger partial charge >= 0.3 is 7.60 Å². The third-order valence-electron chi connectivity index (χ3n) is 2.33. The molecule has 2 heterocycles. The third kappa shape index (κ3) is 2.81. The van der Waals surface area contributed by atoms with Crippen LogP contribution >= 0.6 is 7.60 Å². The van der Waals surface area contributed by atoms with Gasteiger partial charge in [0.2, 0.25) is 5.89 Å². The summed E-state index contributed by atoms with van der Waals surface area (Å²) < 4.78 is 28.2. The van der Waals surface area contributed by atoms with Crippen molar-refractivity contribution < 1.29 is 22.7 Å². The van der Waals surface area contributed by atoms with E-state index in [0.717, 1.165) is 5.56 Å². The van der Waals surface area contributed by atoms with Crippen molar-refractivity contribution in [2.24, 2.45) is 0 Å². The fraction of sp³-hybridized carbons (Fsp3) is 0.300. The Kier molecular flexibility index (Phi) is 3.86. The molecule has 0 bridgehead atoms. The Morgan fingerprint density at radius 3 is 2.72 bits per heavy atom. The lowest BCUT2D eigenvalue weighted by molar-refractivity contribution is -0.738. The van der Waals surface area contributed by atoms with E-state index in [4.69, 9.17) is 13.5 Å². The van der Waals surface area contributed by atoms with Gasteiger partial charge in [0.05, 0.1) is 11.8 Å². The number of hydrogen-bond acceptors (Lipinski definition) is 6. The van der Waals surface area contributed by atoms with Crippen LogP contribution < -0.4 is 4.68 Å². The Morgan fingerprint density at radius 1 is 1.44 bits per heavy atom. The van der Waals surface area contributed by atoms with E-state index in [1.54, 1.807) is 24.7 Å². The van der Waals surface area contributed by atoms with Gasteiger partial charge in [0.1, 0.15) is 12.5 Å². The van der Waals surface area contributed by atoms with E-state index in [1.165, 1.54) is 25.2 Å². The van der Waals surface area contributed by atoms with Gasteiger partial charge in [-0.3, -0.25) is 4.57 Å². The zero-order valence-electron chi connectivity index (χ0n) is 10.0. The summed E-state index contributed by atoms with van der Waals surface area (Å²) in [6.07, 6.45) is 6.32. The van der Waals surface area contributed by atoms with Crippen molar-refractivity contribution in [1.82, 2.24) is 10.1 Å². The summed E-state index contributed by atoms with van der Waals surface area (Å²) in [5, 5.41) is 4.10. The van der Waals surface area contributed by atoms with Gasteiger partial charge in [-0.1, -0.05) is 4.68 Å². The van der Waals surface area contributed by atoms with Crippen LogP contribution in [0.5, 0.6) is 0 Å². The molecule has 0 aromatic carbocycles. The molecule has 2 aromatic rings. The Hall–Kier alpha value is -1.56. The summed E-state index contributed by atoms with van der Waals surface area (Å²) in [7, 11) is -0.438. The maximum absolute atomic E-state index is 11.9. The molecule has 0 unspecified atom stereocenters. The van der Waals surface area contributed by atoms with Crippen molar-refractivity contribution >= 4 is 7.60 Å². The molecule has 0 fully saturated rings. The molecule has 0 spiro atoms.